The van der Waals surface area contributed by atoms with Crippen LogP contribution in [-0.2, 0) is 31.8 Å². The van der Waals surface area contributed by atoms with Crippen LogP contribution in [0.2, 0.25) is 26.6 Å². The van der Waals surface area contributed by atoms with Crippen molar-refractivity contribution in [1.82, 2.24) is 0 Å². The van der Waals surface area contributed by atoms with E-state index in [1.807, 2.05) is 5.79 Å². The molecule has 2 fully saturated rings. The van der Waals surface area contributed by atoms with E-state index >= 15 is 0 Å². The number of thiophene rings is 2. The van der Waals surface area contributed by atoms with E-state index in [0.717, 1.165) is 52.1 Å². The van der Waals surface area contributed by atoms with E-state index in [1.165, 1.54) is 129 Å². The fourth-order valence-corrected chi connectivity index (χ4v) is 50.0. The normalized spacial score (nSPS) is 18.5. The van der Waals surface area contributed by atoms with Gasteiger partial charge in [-0.15, -0.1) is 0 Å². The molecule has 4 nitrogen and oxygen atoms in total. The van der Waals surface area contributed by atoms with Crippen LogP contribution in [0, 0.1) is 0 Å². The van der Waals surface area contributed by atoms with Crippen molar-refractivity contribution in [2.75, 3.05) is 26.4 Å². The second-order valence-corrected chi connectivity index (χ2v) is 47.4. The Bertz CT molecular complexity index is 1130. The number of hydrogen-bond acceptors (Lipinski definition) is 6. The number of hydrogen-bond donors (Lipinski definition) is 0. The Morgan fingerprint density at radius 2 is 0.852 bits per heavy atom. The molecule has 4 heterocycles. The first-order valence-corrected chi connectivity index (χ1v) is 39.8. The summed E-state index contributed by atoms with van der Waals surface area (Å²) < 4.78 is 38.0. The van der Waals surface area contributed by atoms with Crippen molar-refractivity contribution in [3.8, 4) is 9.75 Å². The number of rotatable bonds is 29. The first-order valence-electron chi connectivity index (χ1n) is 23.2. The molecule has 8 heteroatoms. The van der Waals surface area contributed by atoms with Crippen molar-refractivity contribution in [3.63, 3.8) is 0 Å². The molecule has 2 aliphatic heterocycles. The summed E-state index contributed by atoms with van der Waals surface area (Å²) in [6.07, 6.45) is 25.2. The molecular formula is C46H82O4S2Sn2. The van der Waals surface area contributed by atoms with E-state index in [1.54, 1.807) is 20.9 Å². The molecule has 2 aromatic heterocycles. The monoisotopic (exact) mass is 1000 g/mol. The Kier molecular flexibility index (Phi) is 23.6. The molecule has 0 aliphatic carbocycles. The predicted octanol–water partition coefficient (Wildman–Crippen LogP) is 13.8. The van der Waals surface area contributed by atoms with E-state index in [4.69, 9.17) is 18.9 Å². The first kappa shape index (κ1) is 47.5. The zero-order valence-electron chi connectivity index (χ0n) is 36.0. The summed E-state index contributed by atoms with van der Waals surface area (Å²) in [6.45, 7) is 17.7. The second-order valence-electron chi connectivity index (χ2n) is 16.9. The summed E-state index contributed by atoms with van der Waals surface area (Å²) >= 11 is -0.760. The molecule has 0 aromatic carbocycles. The van der Waals surface area contributed by atoms with Crippen molar-refractivity contribution >= 4 is 65.2 Å². The molecule has 0 bridgehead atoms. The van der Waals surface area contributed by atoms with Gasteiger partial charge in [0.1, 0.15) is 0 Å². The minimum absolute atomic E-state index is 0.0225. The van der Waals surface area contributed by atoms with Gasteiger partial charge in [0, 0.05) is 0 Å². The molecule has 2 aliphatic rings. The van der Waals surface area contributed by atoms with Crippen LogP contribution in [0.15, 0.2) is 12.1 Å². The molecule has 0 radical (unpaired) electrons. The fraction of sp³-hybridized carbons (Fsp3) is 0.826. The molecule has 4 rings (SSSR count). The summed E-state index contributed by atoms with van der Waals surface area (Å²) in [5.41, 5.74) is 3.16. The van der Waals surface area contributed by atoms with Crippen LogP contribution in [0.1, 0.15) is 168 Å². The van der Waals surface area contributed by atoms with Gasteiger partial charge in [-0.05, 0) is 0 Å². The van der Waals surface area contributed by atoms with Crippen molar-refractivity contribution in [3.05, 3.63) is 23.3 Å². The molecular weight excluding hydrogens is 918 g/mol. The van der Waals surface area contributed by atoms with Crippen LogP contribution in [-0.4, -0.2) is 75.8 Å². The number of ether oxygens (including phenoxy) is 4. The summed E-state index contributed by atoms with van der Waals surface area (Å²) in [6, 6.07) is 5.58. The molecule has 2 unspecified atom stereocenters. The Labute approximate surface area is 349 Å². The van der Waals surface area contributed by atoms with Crippen LogP contribution < -0.4 is 5.79 Å². The Balaban J connectivity index is 1.84. The zero-order chi connectivity index (χ0) is 38.5. The van der Waals surface area contributed by atoms with Gasteiger partial charge < -0.3 is 0 Å². The average molecular weight is 1000 g/mol. The molecule has 0 saturated carbocycles. The van der Waals surface area contributed by atoms with Crippen molar-refractivity contribution in [1.29, 1.82) is 0 Å². The van der Waals surface area contributed by atoms with Gasteiger partial charge in [0.2, 0.25) is 0 Å². The molecule has 2 aromatic rings. The van der Waals surface area contributed by atoms with E-state index in [0.29, 0.717) is 0 Å². The molecule has 2 atom stereocenters. The van der Waals surface area contributed by atoms with Gasteiger partial charge in [0.15, 0.2) is 0 Å². The van der Waals surface area contributed by atoms with Crippen molar-refractivity contribution < 1.29 is 18.9 Å². The minimum atomic E-state index is -2.66. The predicted molar refractivity (Wildman–Crippen MR) is 243 cm³/mol. The Morgan fingerprint density at radius 1 is 0.519 bits per heavy atom. The van der Waals surface area contributed by atoms with Crippen LogP contribution in [0.3, 0.4) is 0 Å². The molecule has 310 valence electrons. The maximum absolute atomic E-state index is 6.50. The second kappa shape index (κ2) is 26.8. The van der Waals surface area contributed by atoms with Crippen LogP contribution in [0.5, 0.6) is 0 Å². The zero-order valence-corrected chi connectivity index (χ0v) is 43.3. The SMILES string of the molecule is CCC[CH2][Sn]([CH2]CCC)([CH2]CCC)[c]1cc(CCOC2CCCCO2)c(-c2s[c]([Sn]([CH2]CCC)([CH2]CCC)[CH2]CCC)cc2CCOC2CCCCO2)s1. The number of unbranched alkanes of at least 4 members (excludes halogenated alkanes) is 6. The molecule has 0 spiro atoms. The summed E-state index contributed by atoms with van der Waals surface area (Å²) in [5.74, 6) is 0. The fourth-order valence-electron chi connectivity index (χ4n) is 9.00. The standard InChI is InChI=1S/C22H28O4S2.6C4H9.2Sn/c1-3-11-23-19(5-1)25-13-7-17-9-15-27-21(17)22-18(10-16-28-22)8-14-26-20-6-2-4-12-24-20;6*1-3-4-2;;/h9-10,19-20H,1-8,11-14H2;6*1,3-4H2,2H3;;. The Morgan fingerprint density at radius 3 is 1.13 bits per heavy atom. The van der Waals surface area contributed by atoms with Gasteiger partial charge in [-0.1, -0.05) is 0 Å². The summed E-state index contributed by atoms with van der Waals surface area (Å²) in [5, 5.41) is 0. The Hall–Kier alpha value is 0.837. The molecule has 0 amide bonds. The van der Waals surface area contributed by atoms with E-state index in [2.05, 4.69) is 76.3 Å². The van der Waals surface area contributed by atoms with Crippen LogP contribution >= 0.6 is 22.7 Å². The third-order valence-corrected chi connectivity index (χ3v) is 51.5. The van der Waals surface area contributed by atoms with E-state index in [9.17, 15) is 0 Å². The molecule has 54 heavy (non-hydrogen) atoms. The van der Waals surface area contributed by atoms with E-state index < -0.39 is 36.8 Å². The van der Waals surface area contributed by atoms with Gasteiger partial charge >= 0.3 is 353 Å². The quantitative estimate of drug-likeness (QED) is 0.0761. The maximum atomic E-state index is 6.50. The summed E-state index contributed by atoms with van der Waals surface area (Å²) in [7, 11) is 0. The van der Waals surface area contributed by atoms with Crippen molar-refractivity contribution in [2.45, 2.75) is 209 Å². The average Bonchev–Trinajstić information content (AvgIpc) is 3.83. The summed E-state index contributed by atoms with van der Waals surface area (Å²) in [4.78, 5) is 3.23. The third kappa shape index (κ3) is 14.5. The molecule has 2 saturated heterocycles. The van der Waals surface area contributed by atoms with Gasteiger partial charge in [-0.3, -0.25) is 0 Å². The topological polar surface area (TPSA) is 36.9 Å². The van der Waals surface area contributed by atoms with E-state index in [-0.39, 0.29) is 12.6 Å². The van der Waals surface area contributed by atoms with Crippen LogP contribution in [0.4, 0.5) is 0 Å². The molecule has 0 N–H and O–H groups in total. The van der Waals surface area contributed by atoms with Gasteiger partial charge in [-0.25, -0.2) is 0 Å². The first-order chi connectivity index (χ1) is 26.5. The van der Waals surface area contributed by atoms with Crippen molar-refractivity contribution in [2.24, 2.45) is 0 Å². The van der Waals surface area contributed by atoms with Crippen LogP contribution in [0.25, 0.3) is 9.75 Å². The van der Waals surface area contributed by atoms with Gasteiger partial charge in [0.25, 0.3) is 0 Å². The van der Waals surface area contributed by atoms with Gasteiger partial charge in [0.05, 0.1) is 0 Å². The third-order valence-electron chi connectivity index (χ3n) is 12.5. The van der Waals surface area contributed by atoms with Gasteiger partial charge in [-0.2, -0.15) is 0 Å².